The summed E-state index contributed by atoms with van der Waals surface area (Å²) in [6.07, 6.45) is 0. The van der Waals surface area contributed by atoms with Crippen molar-refractivity contribution < 1.29 is 18.8 Å². The van der Waals surface area contributed by atoms with Crippen molar-refractivity contribution in [2.24, 2.45) is 0 Å². The monoisotopic (exact) mass is 427 g/mol. The molecule has 0 saturated heterocycles. The van der Waals surface area contributed by atoms with Crippen molar-refractivity contribution in [3.05, 3.63) is 88.9 Å². The Balaban J connectivity index is 1.51. The van der Waals surface area contributed by atoms with Crippen LogP contribution < -0.4 is 15.9 Å². The Morgan fingerprint density at radius 2 is 1.78 bits per heavy atom. The summed E-state index contributed by atoms with van der Waals surface area (Å²) in [5, 5.41) is 14.0. The van der Waals surface area contributed by atoms with Gasteiger partial charge in [0.05, 0.1) is 5.39 Å². The minimum atomic E-state index is -0.251. The van der Waals surface area contributed by atoms with E-state index in [2.05, 4.69) is 10.1 Å². The zero-order chi connectivity index (χ0) is 22.1. The number of nitrogens with two attached hydrogens (primary N) is 1. The third kappa shape index (κ3) is 3.65. The van der Waals surface area contributed by atoms with Crippen LogP contribution in [0.3, 0.4) is 0 Å². The number of para-hydroxylation sites is 1. The fraction of sp³-hybridized carbons (Fsp3) is 0.0417. The molecule has 0 aliphatic carbocycles. The maximum absolute atomic E-state index is 13.2. The standard InChI is InChI=1S/C24H17N3O5/c25-16-5-3-4-15(12-16)23-26-20(32-27-23)13-30-24-21(14-8-10-17(28)11-9-14)22(29)18-6-1-2-7-19(18)31-24/h1-12,28H,13,25H2. The lowest BCUT2D eigenvalue weighted by Gasteiger charge is -2.10. The van der Waals surface area contributed by atoms with Crippen molar-refractivity contribution in [1.82, 2.24) is 10.1 Å². The summed E-state index contributed by atoms with van der Waals surface area (Å²) in [5.41, 5.74) is 8.02. The summed E-state index contributed by atoms with van der Waals surface area (Å²) in [4.78, 5) is 17.5. The normalized spacial score (nSPS) is 11.0. The smallest absolute Gasteiger partial charge is 0.297 e. The molecule has 0 aliphatic heterocycles. The molecule has 0 fully saturated rings. The minimum absolute atomic E-state index is 0.0168. The molecule has 8 nitrogen and oxygen atoms in total. The molecule has 0 saturated carbocycles. The summed E-state index contributed by atoms with van der Waals surface area (Å²) in [5.74, 6) is 0.675. The van der Waals surface area contributed by atoms with Gasteiger partial charge in [-0.25, -0.2) is 0 Å². The van der Waals surface area contributed by atoms with E-state index in [4.69, 9.17) is 19.4 Å². The van der Waals surface area contributed by atoms with Crippen molar-refractivity contribution in [2.75, 3.05) is 5.73 Å². The van der Waals surface area contributed by atoms with Crippen LogP contribution >= 0.6 is 0 Å². The fourth-order valence-corrected chi connectivity index (χ4v) is 3.34. The number of benzene rings is 3. The van der Waals surface area contributed by atoms with E-state index in [1.807, 2.05) is 6.07 Å². The molecule has 5 aromatic rings. The number of hydrogen-bond acceptors (Lipinski definition) is 8. The highest BCUT2D eigenvalue weighted by Crippen LogP contribution is 2.32. The van der Waals surface area contributed by atoms with E-state index >= 15 is 0 Å². The van der Waals surface area contributed by atoms with Crippen LogP contribution in [0.4, 0.5) is 5.69 Å². The van der Waals surface area contributed by atoms with Gasteiger partial charge in [-0.3, -0.25) is 4.79 Å². The first kappa shape index (κ1) is 19.4. The van der Waals surface area contributed by atoms with Gasteiger partial charge in [0.15, 0.2) is 6.61 Å². The average Bonchev–Trinajstić information content (AvgIpc) is 3.28. The molecule has 0 aliphatic rings. The lowest BCUT2D eigenvalue weighted by Crippen LogP contribution is -2.09. The van der Waals surface area contributed by atoms with Crippen LogP contribution in [0.2, 0.25) is 0 Å². The van der Waals surface area contributed by atoms with Crippen LogP contribution in [0.5, 0.6) is 11.7 Å². The molecule has 0 atom stereocenters. The van der Waals surface area contributed by atoms with Gasteiger partial charge >= 0.3 is 0 Å². The van der Waals surface area contributed by atoms with Gasteiger partial charge in [0.1, 0.15) is 16.9 Å². The number of hydrogen-bond donors (Lipinski definition) is 2. The summed E-state index contributed by atoms with van der Waals surface area (Å²) in [7, 11) is 0. The van der Waals surface area contributed by atoms with Gasteiger partial charge in [-0.05, 0) is 42.0 Å². The number of phenolic OH excluding ortho intramolecular Hbond substituents is 1. The molecule has 2 aromatic heterocycles. The number of aromatic hydroxyl groups is 1. The maximum Gasteiger partial charge on any atom is 0.297 e. The van der Waals surface area contributed by atoms with Crippen LogP contribution in [0.25, 0.3) is 33.5 Å². The molecule has 8 heteroatoms. The summed E-state index contributed by atoms with van der Waals surface area (Å²) >= 11 is 0. The van der Waals surface area contributed by atoms with Crippen molar-refractivity contribution in [3.8, 4) is 34.2 Å². The van der Waals surface area contributed by atoms with E-state index in [9.17, 15) is 9.90 Å². The highest BCUT2D eigenvalue weighted by Gasteiger charge is 2.19. The first-order chi connectivity index (χ1) is 15.6. The van der Waals surface area contributed by atoms with Crippen molar-refractivity contribution in [1.29, 1.82) is 0 Å². The molecule has 0 amide bonds. The van der Waals surface area contributed by atoms with E-state index in [0.29, 0.717) is 33.6 Å². The Morgan fingerprint density at radius 1 is 0.969 bits per heavy atom. The van der Waals surface area contributed by atoms with Crippen LogP contribution in [0.1, 0.15) is 5.89 Å². The topological polar surface area (TPSA) is 125 Å². The molecule has 0 spiro atoms. The maximum atomic E-state index is 13.2. The first-order valence-corrected chi connectivity index (χ1v) is 9.75. The number of fused-ring (bicyclic) bond motifs is 1. The summed E-state index contributed by atoms with van der Waals surface area (Å²) < 4.78 is 17.0. The number of rotatable bonds is 5. The molecule has 32 heavy (non-hydrogen) atoms. The minimum Gasteiger partial charge on any atom is -0.508 e. The van der Waals surface area contributed by atoms with Gasteiger partial charge in [-0.2, -0.15) is 4.98 Å². The molecule has 0 radical (unpaired) electrons. The van der Waals surface area contributed by atoms with E-state index in [-0.39, 0.29) is 35.2 Å². The second kappa shape index (κ2) is 7.92. The lowest BCUT2D eigenvalue weighted by atomic mass is 10.0. The Kier molecular flexibility index (Phi) is 4.79. The van der Waals surface area contributed by atoms with Gasteiger partial charge in [-0.1, -0.05) is 41.6 Å². The van der Waals surface area contributed by atoms with Gasteiger partial charge in [0.2, 0.25) is 11.3 Å². The number of phenols is 1. The third-order valence-electron chi connectivity index (χ3n) is 4.86. The van der Waals surface area contributed by atoms with Crippen molar-refractivity contribution in [3.63, 3.8) is 0 Å². The second-order valence-electron chi connectivity index (χ2n) is 7.06. The lowest BCUT2D eigenvalue weighted by molar-refractivity contribution is 0.199. The van der Waals surface area contributed by atoms with Crippen molar-refractivity contribution in [2.45, 2.75) is 6.61 Å². The van der Waals surface area contributed by atoms with Gasteiger partial charge in [-0.15, -0.1) is 0 Å². The third-order valence-corrected chi connectivity index (χ3v) is 4.86. The van der Waals surface area contributed by atoms with Gasteiger partial charge < -0.3 is 24.5 Å². The number of ether oxygens (including phenoxy) is 1. The predicted octanol–water partition coefficient (Wildman–Crippen LogP) is 4.38. The molecule has 5 rings (SSSR count). The largest absolute Gasteiger partial charge is 0.508 e. The first-order valence-electron chi connectivity index (χ1n) is 9.75. The van der Waals surface area contributed by atoms with Gasteiger partial charge in [0, 0.05) is 11.3 Å². The molecule has 0 unspecified atom stereocenters. The Bertz CT molecular complexity index is 1470. The van der Waals surface area contributed by atoms with Gasteiger partial charge in [0.25, 0.3) is 11.8 Å². The summed E-state index contributed by atoms with van der Waals surface area (Å²) in [6, 6.07) is 20.2. The van der Waals surface area contributed by atoms with E-state index in [0.717, 1.165) is 0 Å². The quantitative estimate of drug-likeness (QED) is 0.396. The molecule has 3 aromatic carbocycles. The Morgan fingerprint density at radius 3 is 2.59 bits per heavy atom. The molecular weight excluding hydrogens is 410 g/mol. The Hall–Kier alpha value is -4.59. The predicted molar refractivity (Wildman–Crippen MR) is 118 cm³/mol. The SMILES string of the molecule is Nc1cccc(-c2noc(COc3oc4ccccc4c(=O)c3-c3ccc(O)cc3)n2)c1. The van der Waals surface area contributed by atoms with Crippen LogP contribution in [0, 0.1) is 0 Å². The number of anilines is 1. The van der Waals surface area contributed by atoms with Crippen LogP contribution in [-0.2, 0) is 6.61 Å². The van der Waals surface area contributed by atoms with E-state index in [1.54, 1.807) is 54.6 Å². The van der Waals surface area contributed by atoms with E-state index in [1.165, 1.54) is 12.1 Å². The molecular formula is C24H17N3O5. The summed E-state index contributed by atoms with van der Waals surface area (Å²) in [6.45, 7) is -0.109. The zero-order valence-electron chi connectivity index (χ0n) is 16.7. The molecule has 3 N–H and O–H groups in total. The van der Waals surface area contributed by atoms with Crippen LogP contribution in [-0.4, -0.2) is 15.2 Å². The molecule has 2 heterocycles. The Labute approximate surface area is 181 Å². The second-order valence-corrected chi connectivity index (χ2v) is 7.06. The number of nitrogens with zero attached hydrogens (tertiary/aromatic N) is 2. The van der Waals surface area contributed by atoms with Crippen LogP contribution in [0.15, 0.2) is 86.5 Å². The fourth-order valence-electron chi connectivity index (χ4n) is 3.34. The average molecular weight is 427 g/mol. The number of nitrogen functional groups attached to an aromatic ring is 1. The van der Waals surface area contributed by atoms with E-state index < -0.39 is 0 Å². The molecule has 0 bridgehead atoms. The highest BCUT2D eigenvalue weighted by molar-refractivity contribution is 5.84. The molecule has 158 valence electrons. The zero-order valence-corrected chi connectivity index (χ0v) is 16.7. The highest BCUT2D eigenvalue weighted by atomic mass is 16.6. The number of aromatic nitrogens is 2. The van der Waals surface area contributed by atoms with Crippen molar-refractivity contribution >= 4 is 16.7 Å².